The van der Waals surface area contributed by atoms with E-state index in [2.05, 4.69) is 44.6 Å². The van der Waals surface area contributed by atoms with Crippen LogP contribution in [0.3, 0.4) is 0 Å². The molecule has 3 heterocycles. The maximum absolute atomic E-state index is 12.5. The molecule has 0 aliphatic carbocycles. The van der Waals surface area contributed by atoms with Gasteiger partial charge in [0.05, 0.1) is 12.6 Å². The van der Waals surface area contributed by atoms with Crippen LogP contribution in [0, 0.1) is 0 Å². The lowest BCUT2D eigenvalue weighted by molar-refractivity contribution is -0.117. The Morgan fingerprint density at radius 3 is 2.59 bits per heavy atom. The number of piperazine rings is 1. The minimum atomic E-state index is 0.0261. The van der Waals surface area contributed by atoms with E-state index in [1.807, 2.05) is 48.4 Å². The summed E-state index contributed by atoms with van der Waals surface area (Å²) in [6.07, 6.45) is 2.37. The standard InChI is InChI=1S/C24H33N7O/c1-3-25-24(28-20-15-23(32)31(18-20)21-7-5-4-6-8-21)27-17-19-9-10-22(26-16-19)30-13-11-29(2)12-14-30/h4-10,16,20H,3,11-15,17-18H2,1-2H3,(H2,25,27,28). The van der Waals surface area contributed by atoms with Crippen LogP contribution in [0.2, 0.25) is 0 Å². The fourth-order valence-corrected chi connectivity index (χ4v) is 4.08. The van der Waals surface area contributed by atoms with Crippen molar-refractivity contribution in [2.75, 3.05) is 56.1 Å². The van der Waals surface area contributed by atoms with Crippen LogP contribution < -0.4 is 20.4 Å². The van der Waals surface area contributed by atoms with E-state index in [0.717, 1.165) is 55.8 Å². The molecular formula is C24H33N7O. The van der Waals surface area contributed by atoms with Crippen LogP contribution in [-0.2, 0) is 11.3 Å². The van der Waals surface area contributed by atoms with Gasteiger partial charge in [0.2, 0.25) is 5.91 Å². The van der Waals surface area contributed by atoms with Crippen LogP contribution >= 0.6 is 0 Å². The molecule has 2 aliphatic heterocycles. The molecule has 2 saturated heterocycles. The zero-order chi connectivity index (χ0) is 22.3. The summed E-state index contributed by atoms with van der Waals surface area (Å²) in [5.41, 5.74) is 2.00. The molecule has 2 fully saturated rings. The number of aromatic nitrogens is 1. The van der Waals surface area contributed by atoms with E-state index in [1.165, 1.54) is 0 Å². The minimum Gasteiger partial charge on any atom is -0.357 e. The summed E-state index contributed by atoms with van der Waals surface area (Å²) in [5.74, 6) is 1.89. The number of pyridine rings is 1. The van der Waals surface area contributed by atoms with E-state index in [4.69, 9.17) is 4.99 Å². The fourth-order valence-electron chi connectivity index (χ4n) is 4.08. The molecule has 0 spiro atoms. The number of guanidine groups is 1. The fraction of sp³-hybridized carbons (Fsp3) is 0.458. The van der Waals surface area contributed by atoms with Gasteiger partial charge >= 0.3 is 0 Å². The number of para-hydroxylation sites is 1. The highest BCUT2D eigenvalue weighted by Crippen LogP contribution is 2.21. The Bertz CT molecular complexity index is 908. The van der Waals surface area contributed by atoms with Gasteiger partial charge in [0, 0.05) is 57.6 Å². The maximum Gasteiger partial charge on any atom is 0.229 e. The van der Waals surface area contributed by atoms with Crippen molar-refractivity contribution in [1.82, 2.24) is 20.5 Å². The largest absolute Gasteiger partial charge is 0.357 e. The molecule has 0 bridgehead atoms. The molecule has 0 radical (unpaired) electrons. The summed E-state index contributed by atoms with van der Waals surface area (Å²) < 4.78 is 0. The maximum atomic E-state index is 12.5. The first kappa shape index (κ1) is 22.1. The highest BCUT2D eigenvalue weighted by Gasteiger charge is 2.31. The van der Waals surface area contributed by atoms with Crippen molar-refractivity contribution < 1.29 is 4.79 Å². The van der Waals surface area contributed by atoms with Crippen molar-refractivity contribution in [3.63, 3.8) is 0 Å². The average molecular weight is 436 g/mol. The lowest BCUT2D eigenvalue weighted by Crippen LogP contribution is -2.44. The topological polar surface area (TPSA) is 76.1 Å². The predicted molar refractivity (Wildman–Crippen MR) is 129 cm³/mol. The molecule has 1 aromatic carbocycles. The van der Waals surface area contributed by atoms with Crippen molar-refractivity contribution in [2.45, 2.75) is 25.9 Å². The monoisotopic (exact) mass is 435 g/mol. The summed E-state index contributed by atoms with van der Waals surface area (Å²) in [6.45, 7) is 8.12. The third kappa shape index (κ3) is 5.56. The molecular weight excluding hydrogens is 402 g/mol. The number of carbonyl (C=O) groups is 1. The van der Waals surface area contributed by atoms with Gasteiger partial charge < -0.3 is 25.3 Å². The van der Waals surface area contributed by atoms with Gasteiger partial charge in [-0.3, -0.25) is 4.79 Å². The zero-order valence-corrected chi connectivity index (χ0v) is 19.0. The number of nitrogens with zero attached hydrogens (tertiary/aromatic N) is 5. The van der Waals surface area contributed by atoms with E-state index < -0.39 is 0 Å². The van der Waals surface area contributed by atoms with Crippen molar-refractivity contribution in [3.05, 3.63) is 54.2 Å². The molecule has 8 heteroatoms. The zero-order valence-electron chi connectivity index (χ0n) is 19.0. The van der Waals surface area contributed by atoms with Gasteiger partial charge in [0.25, 0.3) is 0 Å². The molecule has 2 aromatic rings. The number of hydrogen-bond acceptors (Lipinski definition) is 5. The van der Waals surface area contributed by atoms with Crippen LogP contribution in [0.5, 0.6) is 0 Å². The van der Waals surface area contributed by atoms with E-state index in [9.17, 15) is 4.79 Å². The second-order valence-electron chi connectivity index (χ2n) is 8.40. The van der Waals surface area contributed by atoms with Gasteiger partial charge in [-0.15, -0.1) is 0 Å². The molecule has 0 saturated carbocycles. The first-order valence-electron chi connectivity index (χ1n) is 11.4. The summed E-state index contributed by atoms with van der Waals surface area (Å²) in [7, 11) is 2.16. The third-order valence-electron chi connectivity index (χ3n) is 5.93. The van der Waals surface area contributed by atoms with Gasteiger partial charge in [-0.05, 0) is 37.7 Å². The second kappa shape index (κ2) is 10.5. The highest BCUT2D eigenvalue weighted by atomic mass is 16.2. The van der Waals surface area contributed by atoms with Crippen LogP contribution in [-0.4, -0.2) is 74.1 Å². The lowest BCUT2D eigenvalue weighted by Gasteiger charge is -2.33. The summed E-state index contributed by atoms with van der Waals surface area (Å²) >= 11 is 0. The first-order chi connectivity index (χ1) is 15.6. The van der Waals surface area contributed by atoms with Gasteiger partial charge in [-0.1, -0.05) is 24.3 Å². The van der Waals surface area contributed by atoms with E-state index in [1.54, 1.807) is 0 Å². The van der Waals surface area contributed by atoms with Gasteiger partial charge in [0.1, 0.15) is 5.82 Å². The Kier molecular flexibility index (Phi) is 7.21. The molecule has 170 valence electrons. The van der Waals surface area contributed by atoms with Crippen LogP contribution in [0.25, 0.3) is 0 Å². The van der Waals surface area contributed by atoms with Gasteiger partial charge in [0.15, 0.2) is 5.96 Å². The Hall–Kier alpha value is -3.13. The Morgan fingerprint density at radius 2 is 1.91 bits per heavy atom. The highest BCUT2D eigenvalue weighted by molar-refractivity contribution is 5.97. The van der Waals surface area contributed by atoms with E-state index >= 15 is 0 Å². The van der Waals surface area contributed by atoms with Crippen LogP contribution in [0.1, 0.15) is 18.9 Å². The van der Waals surface area contributed by atoms with Crippen LogP contribution in [0.4, 0.5) is 11.5 Å². The SMILES string of the molecule is CCNC(=NCc1ccc(N2CCN(C)CC2)nc1)NC1CC(=O)N(c2ccccc2)C1. The smallest absolute Gasteiger partial charge is 0.229 e. The van der Waals surface area contributed by atoms with Crippen LogP contribution in [0.15, 0.2) is 53.7 Å². The third-order valence-corrected chi connectivity index (χ3v) is 5.93. The first-order valence-corrected chi connectivity index (χ1v) is 11.4. The van der Waals surface area contributed by atoms with Crippen molar-refractivity contribution in [2.24, 2.45) is 4.99 Å². The number of nitrogens with one attached hydrogen (secondary N) is 2. The molecule has 1 atom stereocenters. The number of rotatable bonds is 6. The molecule has 8 nitrogen and oxygen atoms in total. The number of benzene rings is 1. The second-order valence-corrected chi connectivity index (χ2v) is 8.40. The molecule has 1 aromatic heterocycles. The average Bonchev–Trinajstić information content (AvgIpc) is 3.19. The Balaban J connectivity index is 1.34. The number of hydrogen-bond donors (Lipinski definition) is 2. The normalized spacial score (nSPS) is 20.0. The van der Waals surface area contributed by atoms with Crippen molar-refractivity contribution in [1.29, 1.82) is 0 Å². The van der Waals surface area contributed by atoms with Crippen molar-refractivity contribution in [3.8, 4) is 0 Å². The number of aliphatic imine (C=N–C) groups is 1. The number of anilines is 2. The molecule has 1 amide bonds. The quantitative estimate of drug-likeness (QED) is 0.531. The van der Waals surface area contributed by atoms with Gasteiger partial charge in [-0.2, -0.15) is 0 Å². The lowest BCUT2D eigenvalue weighted by atomic mass is 10.2. The molecule has 32 heavy (non-hydrogen) atoms. The summed E-state index contributed by atoms with van der Waals surface area (Å²) in [5, 5.41) is 6.72. The summed E-state index contributed by atoms with van der Waals surface area (Å²) in [6, 6.07) is 14.0. The molecule has 2 aliphatic rings. The Labute approximate surface area is 190 Å². The molecule has 1 unspecified atom stereocenters. The number of likely N-dealkylation sites (N-methyl/N-ethyl adjacent to an activating group) is 1. The number of carbonyl (C=O) groups excluding carboxylic acids is 1. The van der Waals surface area contributed by atoms with E-state index in [-0.39, 0.29) is 11.9 Å². The number of amides is 1. The minimum absolute atomic E-state index is 0.0261. The summed E-state index contributed by atoms with van der Waals surface area (Å²) in [4.78, 5) is 28.4. The molecule has 2 N–H and O–H groups in total. The predicted octanol–water partition coefficient (Wildman–Crippen LogP) is 1.69. The molecule has 4 rings (SSSR count). The Morgan fingerprint density at radius 1 is 1.12 bits per heavy atom. The van der Waals surface area contributed by atoms with Crippen molar-refractivity contribution >= 4 is 23.4 Å². The van der Waals surface area contributed by atoms with Gasteiger partial charge in [-0.25, -0.2) is 9.98 Å². The van der Waals surface area contributed by atoms with E-state index in [0.29, 0.717) is 19.5 Å².